The first-order valence-electron chi connectivity index (χ1n) is 10.5. The molecule has 1 aliphatic heterocycles. The summed E-state index contributed by atoms with van der Waals surface area (Å²) in [7, 11) is -3.74. The van der Waals surface area contributed by atoms with Gasteiger partial charge in [0.15, 0.2) is 0 Å². The Morgan fingerprint density at radius 3 is 2.55 bits per heavy atom. The number of carbonyl (C=O) groups is 1. The minimum atomic E-state index is -3.74. The topological polar surface area (TPSA) is 75.7 Å². The van der Waals surface area contributed by atoms with Crippen molar-refractivity contribution in [3.8, 4) is 0 Å². The third-order valence-electron chi connectivity index (χ3n) is 5.43. The van der Waals surface area contributed by atoms with E-state index in [4.69, 9.17) is 4.74 Å². The maximum atomic E-state index is 13.1. The molecule has 2 aromatic carbocycles. The van der Waals surface area contributed by atoms with Crippen LogP contribution in [-0.2, 0) is 21.4 Å². The molecule has 1 fully saturated rings. The number of carbonyl (C=O) groups excluding carboxylic acids is 1. The van der Waals surface area contributed by atoms with Crippen molar-refractivity contribution < 1.29 is 17.9 Å². The summed E-state index contributed by atoms with van der Waals surface area (Å²) in [6.45, 7) is 4.46. The molecule has 0 saturated carbocycles. The minimum Gasteiger partial charge on any atom is -0.375 e. The van der Waals surface area contributed by atoms with Crippen molar-refractivity contribution in [2.45, 2.75) is 36.2 Å². The Morgan fingerprint density at radius 2 is 1.87 bits per heavy atom. The summed E-state index contributed by atoms with van der Waals surface area (Å²) < 4.78 is 33.6. The number of likely N-dealkylation sites (tertiary alicyclic amines) is 1. The monoisotopic (exact) mass is 462 g/mol. The van der Waals surface area contributed by atoms with E-state index in [1.165, 1.54) is 17.8 Å². The smallest absolute Gasteiger partial charge is 0.255 e. The largest absolute Gasteiger partial charge is 0.375 e. The van der Waals surface area contributed by atoms with Gasteiger partial charge in [-0.1, -0.05) is 37.3 Å². The lowest BCUT2D eigenvalue weighted by atomic mass is 9.98. The van der Waals surface area contributed by atoms with Gasteiger partial charge in [0.2, 0.25) is 10.0 Å². The van der Waals surface area contributed by atoms with Gasteiger partial charge in [-0.25, -0.2) is 13.1 Å². The molecule has 0 spiro atoms. The number of hydrogen-bond acceptors (Lipinski definition) is 5. The van der Waals surface area contributed by atoms with Gasteiger partial charge in [0.05, 0.1) is 23.7 Å². The molecule has 1 aliphatic rings. The second-order valence-electron chi connectivity index (χ2n) is 7.77. The van der Waals surface area contributed by atoms with Crippen molar-refractivity contribution in [2.24, 2.45) is 5.92 Å². The highest BCUT2D eigenvalue weighted by Crippen LogP contribution is 2.27. The molecule has 1 N–H and O–H groups in total. The Labute approximate surface area is 189 Å². The molecule has 0 atom stereocenters. The van der Waals surface area contributed by atoms with Gasteiger partial charge < -0.3 is 9.64 Å². The number of thioether (sulfide) groups is 1. The number of nitrogens with one attached hydrogen (secondary N) is 1. The normalized spacial score (nSPS) is 15.2. The predicted octanol–water partition coefficient (Wildman–Crippen LogP) is 3.78. The second kappa shape index (κ2) is 11.1. The van der Waals surface area contributed by atoms with Crippen LogP contribution in [0.25, 0.3) is 0 Å². The van der Waals surface area contributed by atoms with E-state index >= 15 is 0 Å². The lowest BCUT2D eigenvalue weighted by Gasteiger charge is -2.30. The highest BCUT2D eigenvalue weighted by atomic mass is 32.2. The van der Waals surface area contributed by atoms with Gasteiger partial charge in [0, 0.05) is 24.5 Å². The van der Waals surface area contributed by atoms with Crippen LogP contribution in [0.15, 0.2) is 58.3 Å². The molecular weight excluding hydrogens is 432 g/mol. The zero-order chi connectivity index (χ0) is 22.3. The first-order chi connectivity index (χ1) is 14.9. The van der Waals surface area contributed by atoms with Gasteiger partial charge in [-0.3, -0.25) is 4.79 Å². The minimum absolute atomic E-state index is 0.0977. The summed E-state index contributed by atoms with van der Waals surface area (Å²) in [5.41, 5.74) is 1.48. The SMILES string of the molecule is CSc1ccc(S(=O)(=O)NCCOCc2ccccc2)cc1C(=O)N1CCC(C)CC1. The number of benzene rings is 2. The van der Waals surface area contributed by atoms with E-state index in [0.29, 0.717) is 31.2 Å². The maximum absolute atomic E-state index is 13.1. The Balaban J connectivity index is 1.62. The third kappa shape index (κ3) is 6.55. The second-order valence-corrected chi connectivity index (χ2v) is 10.4. The number of hydrogen-bond donors (Lipinski definition) is 1. The number of rotatable bonds is 9. The molecule has 1 heterocycles. The van der Waals surface area contributed by atoms with Crippen LogP contribution >= 0.6 is 11.8 Å². The number of amides is 1. The van der Waals surface area contributed by atoms with Gasteiger partial charge >= 0.3 is 0 Å². The number of ether oxygens (including phenoxy) is 1. The summed E-state index contributed by atoms with van der Waals surface area (Å²) >= 11 is 1.45. The Kier molecular flexibility index (Phi) is 8.54. The standard InChI is InChI=1S/C23H30N2O4S2/c1-18-10-13-25(14-11-18)23(26)21-16-20(8-9-22(21)30-2)31(27,28)24-12-15-29-17-19-6-4-3-5-7-19/h3-9,16,18,24H,10-15,17H2,1-2H3. The molecule has 2 aromatic rings. The number of piperidine rings is 1. The molecule has 0 aliphatic carbocycles. The molecule has 1 saturated heterocycles. The van der Waals surface area contributed by atoms with E-state index in [1.807, 2.05) is 41.5 Å². The molecule has 0 aromatic heterocycles. The summed E-state index contributed by atoms with van der Waals surface area (Å²) in [4.78, 5) is 15.8. The Hall–Kier alpha value is -1.87. The molecular formula is C23H30N2O4S2. The quantitative estimate of drug-likeness (QED) is 0.453. The Bertz CT molecular complexity index is 972. The van der Waals surface area contributed by atoms with E-state index in [-0.39, 0.29) is 24.0 Å². The van der Waals surface area contributed by atoms with E-state index in [2.05, 4.69) is 11.6 Å². The van der Waals surface area contributed by atoms with Crippen molar-refractivity contribution in [1.82, 2.24) is 9.62 Å². The Morgan fingerprint density at radius 1 is 1.16 bits per heavy atom. The predicted molar refractivity (Wildman–Crippen MR) is 124 cm³/mol. The van der Waals surface area contributed by atoms with Crippen molar-refractivity contribution in [3.63, 3.8) is 0 Å². The first kappa shape index (κ1) is 23.8. The molecule has 8 heteroatoms. The van der Waals surface area contributed by atoms with Crippen molar-refractivity contribution in [1.29, 1.82) is 0 Å². The zero-order valence-electron chi connectivity index (χ0n) is 18.0. The van der Waals surface area contributed by atoms with E-state index in [0.717, 1.165) is 23.3 Å². The van der Waals surface area contributed by atoms with Crippen LogP contribution in [-0.4, -0.2) is 51.7 Å². The van der Waals surface area contributed by atoms with Crippen LogP contribution in [0.3, 0.4) is 0 Å². The molecule has 0 radical (unpaired) electrons. The van der Waals surface area contributed by atoms with Gasteiger partial charge in [-0.2, -0.15) is 0 Å². The molecule has 1 amide bonds. The molecule has 0 unspecified atom stereocenters. The van der Waals surface area contributed by atoms with E-state index in [1.54, 1.807) is 12.1 Å². The summed E-state index contributed by atoms with van der Waals surface area (Å²) in [6.07, 6.45) is 3.84. The summed E-state index contributed by atoms with van der Waals surface area (Å²) in [5.74, 6) is 0.517. The van der Waals surface area contributed by atoms with Gasteiger partial charge in [0.1, 0.15) is 0 Å². The third-order valence-corrected chi connectivity index (χ3v) is 7.69. The van der Waals surface area contributed by atoms with Crippen molar-refractivity contribution in [2.75, 3.05) is 32.5 Å². The average Bonchev–Trinajstić information content (AvgIpc) is 2.79. The molecule has 6 nitrogen and oxygen atoms in total. The lowest BCUT2D eigenvalue weighted by Crippen LogP contribution is -2.38. The van der Waals surface area contributed by atoms with Crippen LogP contribution in [0.2, 0.25) is 0 Å². The average molecular weight is 463 g/mol. The molecule has 31 heavy (non-hydrogen) atoms. The number of sulfonamides is 1. The van der Waals surface area contributed by atoms with Crippen LogP contribution in [0.1, 0.15) is 35.7 Å². The fraction of sp³-hybridized carbons (Fsp3) is 0.435. The first-order valence-corrected chi connectivity index (χ1v) is 13.2. The van der Waals surface area contributed by atoms with E-state index < -0.39 is 10.0 Å². The van der Waals surface area contributed by atoms with Crippen molar-refractivity contribution in [3.05, 3.63) is 59.7 Å². The molecule has 0 bridgehead atoms. The van der Waals surface area contributed by atoms with Crippen molar-refractivity contribution >= 4 is 27.7 Å². The summed E-state index contributed by atoms with van der Waals surface area (Å²) in [6, 6.07) is 14.5. The van der Waals surface area contributed by atoms with Crippen LogP contribution < -0.4 is 4.72 Å². The summed E-state index contributed by atoms with van der Waals surface area (Å²) in [5, 5.41) is 0. The fourth-order valence-corrected chi connectivity index (χ4v) is 5.11. The lowest BCUT2D eigenvalue weighted by molar-refractivity contribution is 0.0693. The molecule has 3 rings (SSSR count). The molecule has 168 valence electrons. The fourth-order valence-electron chi connectivity index (χ4n) is 3.50. The van der Waals surface area contributed by atoms with Crippen LogP contribution in [0, 0.1) is 5.92 Å². The van der Waals surface area contributed by atoms with Gasteiger partial charge in [-0.15, -0.1) is 11.8 Å². The zero-order valence-corrected chi connectivity index (χ0v) is 19.7. The maximum Gasteiger partial charge on any atom is 0.255 e. The van der Waals surface area contributed by atoms with Gasteiger partial charge in [0.25, 0.3) is 5.91 Å². The number of nitrogens with zero attached hydrogens (tertiary/aromatic N) is 1. The van der Waals surface area contributed by atoms with Crippen LogP contribution in [0.5, 0.6) is 0 Å². The highest BCUT2D eigenvalue weighted by Gasteiger charge is 2.25. The van der Waals surface area contributed by atoms with E-state index in [9.17, 15) is 13.2 Å². The van der Waals surface area contributed by atoms with Crippen LogP contribution in [0.4, 0.5) is 0 Å². The van der Waals surface area contributed by atoms with Gasteiger partial charge in [-0.05, 0) is 48.8 Å². The highest BCUT2D eigenvalue weighted by molar-refractivity contribution is 7.98.